The molecular weight excluding hydrogens is 294 g/mol. The van der Waals surface area contributed by atoms with Gasteiger partial charge >= 0.3 is 5.97 Å². The van der Waals surface area contributed by atoms with Gasteiger partial charge in [0.25, 0.3) is 5.82 Å². The van der Waals surface area contributed by atoms with Crippen LogP contribution in [0.15, 0.2) is 6.07 Å². The molecule has 2 rings (SSSR count). The van der Waals surface area contributed by atoms with Crippen LogP contribution in [0.2, 0.25) is 0 Å². The smallest absolute Gasteiger partial charge is 0.375 e. The summed E-state index contributed by atoms with van der Waals surface area (Å²) in [5, 5.41) is 12.2. The van der Waals surface area contributed by atoms with Crippen LogP contribution in [0.25, 0.3) is 5.69 Å². The fraction of sp³-hybridized carbons (Fsp3) is 0.250. The first-order valence-corrected chi connectivity index (χ1v) is 5.89. The molecule has 0 fully saturated rings. The molecule has 1 aromatic carbocycles. The zero-order chi connectivity index (χ0) is 15.7. The van der Waals surface area contributed by atoms with Crippen molar-refractivity contribution in [1.29, 1.82) is 0 Å². The van der Waals surface area contributed by atoms with E-state index in [9.17, 15) is 22.4 Å². The maximum Gasteiger partial charge on any atom is 0.375 e. The molecule has 0 amide bonds. The molecule has 0 spiro atoms. The Hall–Kier alpha value is -2.45. The lowest BCUT2D eigenvalue weighted by Gasteiger charge is -2.08. The van der Waals surface area contributed by atoms with Crippen LogP contribution >= 0.6 is 0 Å². The van der Waals surface area contributed by atoms with Gasteiger partial charge in [0.05, 0.1) is 0 Å². The van der Waals surface area contributed by atoms with Gasteiger partial charge in [-0.1, -0.05) is 6.92 Å². The Morgan fingerprint density at radius 3 is 2.29 bits per heavy atom. The molecule has 5 nitrogen and oxygen atoms in total. The van der Waals surface area contributed by atoms with E-state index in [2.05, 4.69) is 10.1 Å². The zero-order valence-electron chi connectivity index (χ0n) is 10.7. The van der Waals surface area contributed by atoms with Crippen LogP contribution in [0.4, 0.5) is 17.6 Å². The molecule has 0 aliphatic rings. The van der Waals surface area contributed by atoms with Crippen molar-refractivity contribution in [3.8, 4) is 5.69 Å². The lowest BCUT2D eigenvalue weighted by atomic mass is 10.2. The van der Waals surface area contributed by atoms with E-state index >= 15 is 0 Å². The van der Waals surface area contributed by atoms with E-state index in [-0.39, 0.29) is 18.3 Å². The van der Waals surface area contributed by atoms with Gasteiger partial charge in [0.2, 0.25) is 0 Å². The van der Waals surface area contributed by atoms with Crippen LogP contribution < -0.4 is 0 Å². The van der Waals surface area contributed by atoms with Gasteiger partial charge in [-0.3, -0.25) is 0 Å². The van der Waals surface area contributed by atoms with E-state index < -0.39 is 40.7 Å². The number of nitrogens with zero attached hydrogens (tertiary/aromatic N) is 3. The van der Waals surface area contributed by atoms with Crippen molar-refractivity contribution in [3.63, 3.8) is 0 Å². The molecule has 1 aromatic heterocycles. The second-order valence-electron chi connectivity index (χ2n) is 4.14. The Morgan fingerprint density at radius 2 is 1.81 bits per heavy atom. The standard InChI is InChI=1S/C12H9F4N3O2/c1-2-3-7-17-11(12(20)21)18-19(7)10-8(15)5(13)4-6(14)9(10)16/h4H,2-3H2,1H3,(H,20,21). The van der Waals surface area contributed by atoms with E-state index in [1.165, 1.54) is 0 Å². The number of carboxylic acid groups (broad SMARTS) is 1. The molecule has 2 aromatic rings. The van der Waals surface area contributed by atoms with Crippen LogP contribution in [0, 0.1) is 23.3 Å². The van der Waals surface area contributed by atoms with E-state index in [1.807, 2.05) is 0 Å². The van der Waals surface area contributed by atoms with Gasteiger partial charge in [-0.2, -0.15) is 0 Å². The van der Waals surface area contributed by atoms with Crippen molar-refractivity contribution in [2.24, 2.45) is 0 Å². The van der Waals surface area contributed by atoms with Gasteiger partial charge in [0.1, 0.15) is 11.5 Å². The predicted molar refractivity (Wildman–Crippen MR) is 62.1 cm³/mol. The number of aromatic carboxylic acids is 1. The molecule has 0 saturated heterocycles. The van der Waals surface area contributed by atoms with Crippen molar-refractivity contribution in [2.75, 3.05) is 0 Å². The largest absolute Gasteiger partial charge is 0.475 e. The van der Waals surface area contributed by atoms with Gasteiger partial charge < -0.3 is 5.11 Å². The van der Waals surface area contributed by atoms with Gasteiger partial charge in [-0.05, 0) is 6.42 Å². The zero-order valence-corrected chi connectivity index (χ0v) is 10.7. The van der Waals surface area contributed by atoms with Crippen molar-refractivity contribution in [2.45, 2.75) is 19.8 Å². The summed E-state index contributed by atoms with van der Waals surface area (Å²) in [6, 6.07) is 0.0582. The summed E-state index contributed by atoms with van der Waals surface area (Å²) >= 11 is 0. The number of carbonyl (C=O) groups is 1. The Kier molecular flexibility index (Phi) is 3.92. The average molecular weight is 303 g/mol. The molecule has 1 heterocycles. The third-order valence-electron chi connectivity index (χ3n) is 2.64. The Balaban J connectivity index is 2.74. The minimum atomic E-state index is -1.67. The first-order valence-electron chi connectivity index (χ1n) is 5.89. The predicted octanol–water partition coefficient (Wildman–Crippen LogP) is 2.47. The molecule has 21 heavy (non-hydrogen) atoms. The van der Waals surface area contributed by atoms with Crippen molar-refractivity contribution in [3.05, 3.63) is 41.0 Å². The SMILES string of the molecule is CCCc1nc(C(=O)O)nn1-c1c(F)c(F)cc(F)c1F. The van der Waals surface area contributed by atoms with Crippen LogP contribution in [0.3, 0.4) is 0 Å². The molecule has 0 bridgehead atoms. The molecule has 0 aliphatic carbocycles. The minimum absolute atomic E-state index is 0.0582. The third-order valence-corrected chi connectivity index (χ3v) is 2.64. The van der Waals surface area contributed by atoms with Gasteiger partial charge in [0, 0.05) is 12.5 Å². The number of benzene rings is 1. The molecule has 0 saturated carbocycles. The van der Waals surface area contributed by atoms with Crippen molar-refractivity contribution < 1.29 is 27.5 Å². The van der Waals surface area contributed by atoms with Gasteiger partial charge in [-0.25, -0.2) is 32.0 Å². The summed E-state index contributed by atoms with van der Waals surface area (Å²) in [6.07, 6.45) is 0.579. The number of hydrogen-bond acceptors (Lipinski definition) is 3. The Morgan fingerprint density at radius 1 is 1.24 bits per heavy atom. The molecule has 0 radical (unpaired) electrons. The van der Waals surface area contributed by atoms with E-state index in [0.717, 1.165) is 0 Å². The summed E-state index contributed by atoms with van der Waals surface area (Å²) in [5.74, 6) is -8.93. The van der Waals surface area contributed by atoms with E-state index in [4.69, 9.17) is 5.11 Å². The summed E-state index contributed by atoms with van der Waals surface area (Å²) in [6.45, 7) is 1.71. The molecule has 9 heteroatoms. The van der Waals surface area contributed by atoms with Crippen LogP contribution in [0.5, 0.6) is 0 Å². The minimum Gasteiger partial charge on any atom is -0.475 e. The molecule has 1 N–H and O–H groups in total. The molecule has 0 unspecified atom stereocenters. The summed E-state index contributed by atoms with van der Waals surface area (Å²) in [4.78, 5) is 14.4. The summed E-state index contributed by atoms with van der Waals surface area (Å²) < 4.78 is 54.4. The highest BCUT2D eigenvalue weighted by atomic mass is 19.2. The molecule has 0 aliphatic heterocycles. The third kappa shape index (κ3) is 2.58. The van der Waals surface area contributed by atoms with Crippen LogP contribution in [-0.2, 0) is 6.42 Å². The maximum atomic E-state index is 13.7. The van der Waals surface area contributed by atoms with Gasteiger partial charge in [-0.15, -0.1) is 5.10 Å². The van der Waals surface area contributed by atoms with Crippen molar-refractivity contribution in [1.82, 2.24) is 14.8 Å². The Bertz CT molecular complexity index is 689. The number of aryl methyl sites for hydroxylation is 1. The molecule has 0 atom stereocenters. The van der Waals surface area contributed by atoms with E-state index in [1.54, 1.807) is 6.92 Å². The summed E-state index contributed by atoms with van der Waals surface area (Å²) in [5.41, 5.74) is -1.13. The number of halogens is 4. The number of hydrogen-bond donors (Lipinski definition) is 1. The lowest BCUT2D eigenvalue weighted by Crippen LogP contribution is -2.11. The van der Waals surface area contributed by atoms with Crippen molar-refractivity contribution >= 4 is 5.97 Å². The second kappa shape index (κ2) is 5.51. The highest BCUT2D eigenvalue weighted by Gasteiger charge is 2.25. The van der Waals surface area contributed by atoms with E-state index in [0.29, 0.717) is 11.1 Å². The highest BCUT2D eigenvalue weighted by Crippen LogP contribution is 2.24. The maximum absolute atomic E-state index is 13.7. The lowest BCUT2D eigenvalue weighted by molar-refractivity contribution is 0.0683. The summed E-state index contributed by atoms with van der Waals surface area (Å²) in [7, 11) is 0. The second-order valence-corrected chi connectivity index (χ2v) is 4.14. The fourth-order valence-electron chi connectivity index (χ4n) is 1.75. The number of aromatic nitrogens is 3. The first kappa shape index (κ1) is 14.9. The fourth-order valence-corrected chi connectivity index (χ4v) is 1.75. The molecule has 112 valence electrons. The highest BCUT2D eigenvalue weighted by molar-refractivity contribution is 5.83. The monoisotopic (exact) mass is 303 g/mol. The van der Waals surface area contributed by atoms with Gasteiger partial charge in [0.15, 0.2) is 23.3 Å². The first-order chi connectivity index (χ1) is 9.86. The van der Waals surface area contributed by atoms with Crippen LogP contribution in [-0.4, -0.2) is 25.8 Å². The Labute approximate surface area is 115 Å². The topological polar surface area (TPSA) is 68.0 Å². The van der Waals surface area contributed by atoms with Crippen LogP contribution in [0.1, 0.15) is 29.8 Å². The normalized spacial score (nSPS) is 10.9. The number of rotatable bonds is 4. The molecular formula is C12H9F4N3O2. The number of carboxylic acids is 1. The quantitative estimate of drug-likeness (QED) is 0.696. The average Bonchev–Trinajstić information content (AvgIpc) is 2.82.